The summed E-state index contributed by atoms with van der Waals surface area (Å²) in [5, 5.41) is 5.37. The largest absolute Gasteiger partial charge is 0.283 e. The van der Waals surface area contributed by atoms with Crippen LogP contribution in [0.25, 0.3) is 10.1 Å². The lowest BCUT2D eigenvalue weighted by Crippen LogP contribution is -2.16. The Kier molecular flexibility index (Phi) is 4.75. The van der Waals surface area contributed by atoms with Crippen molar-refractivity contribution in [3.63, 3.8) is 0 Å². The maximum Gasteiger partial charge on any atom is 0.283 e. The maximum atomic E-state index is 12.2. The molecule has 3 aromatic rings. The van der Waals surface area contributed by atoms with Crippen LogP contribution >= 0.6 is 45.5 Å². The first kappa shape index (κ1) is 15.5. The van der Waals surface area contributed by atoms with Crippen LogP contribution in [0.5, 0.6) is 0 Å². The molecule has 3 nitrogen and oxygen atoms in total. The highest BCUT2D eigenvalue weighted by atomic mass is 127. The Labute approximate surface area is 150 Å². The molecule has 0 aliphatic heterocycles. The second kappa shape index (κ2) is 6.76. The van der Waals surface area contributed by atoms with Gasteiger partial charge in [0, 0.05) is 19.2 Å². The first-order valence-electron chi connectivity index (χ1n) is 6.42. The molecule has 0 saturated carbocycles. The topological polar surface area (TPSA) is 41.5 Å². The number of hydrogen-bond acceptors (Lipinski definition) is 3. The van der Waals surface area contributed by atoms with Crippen molar-refractivity contribution in [1.82, 2.24) is 5.43 Å². The first-order chi connectivity index (χ1) is 10.7. The molecule has 0 aliphatic rings. The van der Waals surface area contributed by atoms with Gasteiger partial charge in [0.15, 0.2) is 0 Å². The smallest absolute Gasteiger partial charge is 0.266 e. The highest BCUT2D eigenvalue weighted by Gasteiger charge is 2.16. The lowest BCUT2D eigenvalue weighted by Gasteiger charge is -1.98. The SMILES string of the molecule is O=C(NN=Cc1ccccc1I)c1sc2ccccc2c1Cl. The second-order valence-electron chi connectivity index (χ2n) is 4.46. The van der Waals surface area contributed by atoms with Crippen molar-refractivity contribution in [2.24, 2.45) is 5.10 Å². The van der Waals surface area contributed by atoms with Gasteiger partial charge in [0.2, 0.25) is 0 Å². The lowest BCUT2D eigenvalue weighted by molar-refractivity contribution is 0.0959. The van der Waals surface area contributed by atoms with Crippen LogP contribution in [-0.4, -0.2) is 12.1 Å². The molecule has 0 unspecified atom stereocenters. The third-order valence-corrected chi connectivity index (χ3v) is 5.67. The van der Waals surface area contributed by atoms with E-state index in [1.165, 1.54) is 11.3 Å². The van der Waals surface area contributed by atoms with Gasteiger partial charge in [-0.05, 0) is 34.7 Å². The van der Waals surface area contributed by atoms with Gasteiger partial charge in [-0.1, -0.05) is 48.0 Å². The molecule has 0 atom stereocenters. The average molecular weight is 441 g/mol. The van der Waals surface area contributed by atoms with E-state index >= 15 is 0 Å². The summed E-state index contributed by atoms with van der Waals surface area (Å²) >= 11 is 9.85. The molecule has 6 heteroatoms. The normalized spacial score (nSPS) is 11.2. The van der Waals surface area contributed by atoms with E-state index in [-0.39, 0.29) is 5.91 Å². The molecule has 0 fully saturated rings. The molecule has 3 rings (SSSR count). The molecule has 1 N–H and O–H groups in total. The fraction of sp³-hybridized carbons (Fsp3) is 0. The number of thiophene rings is 1. The molecule has 2 aromatic carbocycles. The number of nitrogens with zero attached hydrogens (tertiary/aromatic N) is 1. The van der Waals surface area contributed by atoms with E-state index in [1.54, 1.807) is 6.21 Å². The van der Waals surface area contributed by atoms with Gasteiger partial charge in [0.25, 0.3) is 5.91 Å². The van der Waals surface area contributed by atoms with Crippen LogP contribution in [0, 0.1) is 3.57 Å². The Balaban J connectivity index is 1.79. The van der Waals surface area contributed by atoms with Crippen molar-refractivity contribution >= 4 is 67.7 Å². The van der Waals surface area contributed by atoms with E-state index < -0.39 is 0 Å². The van der Waals surface area contributed by atoms with Crippen molar-refractivity contribution in [3.05, 3.63) is 67.6 Å². The quantitative estimate of drug-likeness (QED) is 0.350. The number of hydrogen-bond donors (Lipinski definition) is 1. The van der Waals surface area contributed by atoms with Gasteiger partial charge in [-0.25, -0.2) is 5.43 Å². The Morgan fingerprint density at radius 3 is 2.68 bits per heavy atom. The van der Waals surface area contributed by atoms with Crippen molar-refractivity contribution in [2.45, 2.75) is 0 Å². The fourth-order valence-corrected chi connectivity index (χ4v) is 3.88. The number of halogens is 2. The van der Waals surface area contributed by atoms with Gasteiger partial charge in [0.1, 0.15) is 4.88 Å². The molecule has 0 radical (unpaired) electrons. The average Bonchev–Trinajstić information content (AvgIpc) is 2.87. The summed E-state index contributed by atoms with van der Waals surface area (Å²) in [6.07, 6.45) is 1.63. The van der Waals surface area contributed by atoms with Crippen LogP contribution < -0.4 is 5.43 Å². The molecular weight excluding hydrogens is 431 g/mol. The zero-order chi connectivity index (χ0) is 15.5. The number of rotatable bonds is 3. The number of fused-ring (bicyclic) bond motifs is 1. The molecule has 1 heterocycles. The predicted octanol–water partition coefficient (Wildman–Crippen LogP) is 4.92. The van der Waals surface area contributed by atoms with Gasteiger partial charge in [-0.2, -0.15) is 5.10 Å². The Hall–Kier alpha value is -1.44. The first-order valence-corrected chi connectivity index (χ1v) is 8.69. The molecular formula is C16H10ClIN2OS. The fourth-order valence-electron chi connectivity index (χ4n) is 1.95. The van der Waals surface area contributed by atoms with E-state index in [0.717, 1.165) is 19.2 Å². The van der Waals surface area contributed by atoms with Crippen LogP contribution in [0.15, 0.2) is 53.6 Å². The standard InChI is InChI=1S/C16H10ClIN2OS/c17-14-11-6-2-4-8-13(11)22-15(14)16(21)20-19-9-10-5-1-3-7-12(10)18/h1-9H,(H,20,21). The van der Waals surface area contributed by atoms with E-state index in [1.807, 2.05) is 48.5 Å². The van der Waals surface area contributed by atoms with Crippen molar-refractivity contribution < 1.29 is 4.79 Å². The number of carbonyl (C=O) groups excluding carboxylic acids is 1. The van der Waals surface area contributed by atoms with Crippen molar-refractivity contribution in [2.75, 3.05) is 0 Å². The van der Waals surface area contributed by atoms with Crippen molar-refractivity contribution in [3.8, 4) is 0 Å². The Morgan fingerprint density at radius 2 is 1.91 bits per heavy atom. The van der Waals surface area contributed by atoms with E-state index in [4.69, 9.17) is 11.6 Å². The molecule has 1 aromatic heterocycles. The monoisotopic (exact) mass is 440 g/mol. The molecule has 0 aliphatic carbocycles. The van der Waals surface area contributed by atoms with Gasteiger partial charge in [-0.3, -0.25) is 4.79 Å². The van der Waals surface area contributed by atoms with Crippen LogP contribution in [0.2, 0.25) is 5.02 Å². The number of hydrazone groups is 1. The highest BCUT2D eigenvalue weighted by molar-refractivity contribution is 14.1. The molecule has 0 bridgehead atoms. The number of benzene rings is 2. The highest BCUT2D eigenvalue weighted by Crippen LogP contribution is 2.34. The minimum Gasteiger partial charge on any atom is -0.266 e. The second-order valence-corrected chi connectivity index (χ2v) is 7.05. The zero-order valence-corrected chi connectivity index (χ0v) is 14.9. The molecule has 110 valence electrons. The molecule has 0 spiro atoms. The number of carbonyl (C=O) groups is 1. The summed E-state index contributed by atoms with van der Waals surface area (Å²) in [6, 6.07) is 15.5. The van der Waals surface area contributed by atoms with E-state index in [0.29, 0.717) is 9.90 Å². The Bertz CT molecular complexity index is 875. The van der Waals surface area contributed by atoms with Crippen LogP contribution in [0.3, 0.4) is 0 Å². The summed E-state index contributed by atoms with van der Waals surface area (Å²) in [5.41, 5.74) is 3.48. The minimum atomic E-state index is -0.298. The molecule has 1 amide bonds. The maximum absolute atomic E-state index is 12.2. The number of amides is 1. The lowest BCUT2D eigenvalue weighted by atomic mass is 10.2. The minimum absolute atomic E-state index is 0.298. The van der Waals surface area contributed by atoms with Crippen LogP contribution in [0.1, 0.15) is 15.2 Å². The molecule has 22 heavy (non-hydrogen) atoms. The molecule has 0 saturated heterocycles. The van der Waals surface area contributed by atoms with Crippen molar-refractivity contribution in [1.29, 1.82) is 0 Å². The van der Waals surface area contributed by atoms with Gasteiger partial charge >= 0.3 is 0 Å². The summed E-state index contributed by atoms with van der Waals surface area (Å²) in [6.45, 7) is 0. The number of nitrogens with one attached hydrogen (secondary N) is 1. The van der Waals surface area contributed by atoms with Crippen LogP contribution in [0.4, 0.5) is 0 Å². The van der Waals surface area contributed by atoms with Crippen LogP contribution in [-0.2, 0) is 0 Å². The van der Waals surface area contributed by atoms with Gasteiger partial charge in [-0.15, -0.1) is 11.3 Å². The van der Waals surface area contributed by atoms with Gasteiger partial charge < -0.3 is 0 Å². The van der Waals surface area contributed by atoms with E-state index in [2.05, 4.69) is 33.1 Å². The van der Waals surface area contributed by atoms with Gasteiger partial charge in [0.05, 0.1) is 11.2 Å². The summed E-state index contributed by atoms with van der Waals surface area (Å²) in [4.78, 5) is 12.7. The predicted molar refractivity (Wildman–Crippen MR) is 101 cm³/mol. The Morgan fingerprint density at radius 1 is 1.18 bits per heavy atom. The summed E-state index contributed by atoms with van der Waals surface area (Å²) in [5.74, 6) is -0.298. The van der Waals surface area contributed by atoms with E-state index in [9.17, 15) is 4.79 Å². The third-order valence-electron chi connectivity index (χ3n) is 3.02. The summed E-state index contributed by atoms with van der Waals surface area (Å²) in [7, 11) is 0. The zero-order valence-electron chi connectivity index (χ0n) is 11.2. The third kappa shape index (κ3) is 3.16. The summed E-state index contributed by atoms with van der Waals surface area (Å²) < 4.78 is 2.05.